The molecule has 14 heteroatoms. The summed E-state index contributed by atoms with van der Waals surface area (Å²) in [4.78, 5) is 44.2. The van der Waals surface area contributed by atoms with Gasteiger partial charge in [0.2, 0.25) is 5.82 Å². The zero-order valence-corrected chi connectivity index (χ0v) is 22.7. The Bertz CT molecular complexity index is 1570. The number of rotatable bonds is 12. The quantitative estimate of drug-likeness (QED) is 0.190. The van der Waals surface area contributed by atoms with Crippen LogP contribution in [0.25, 0.3) is 22.5 Å². The second-order valence-electron chi connectivity index (χ2n) is 9.77. The topological polar surface area (TPSA) is 188 Å². The Morgan fingerprint density at radius 1 is 1.10 bits per heavy atom. The van der Waals surface area contributed by atoms with Crippen LogP contribution in [0.1, 0.15) is 66.0 Å². The van der Waals surface area contributed by atoms with Gasteiger partial charge in [0.15, 0.2) is 5.69 Å². The van der Waals surface area contributed by atoms with Crippen LogP contribution in [0.5, 0.6) is 0 Å². The highest BCUT2D eigenvalue weighted by Crippen LogP contribution is 2.31. The van der Waals surface area contributed by atoms with Crippen molar-refractivity contribution in [3.8, 4) is 22.5 Å². The number of aryl methyl sites for hydroxylation is 1. The molecule has 4 rings (SSSR count). The molecule has 0 aliphatic carbocycles. The Kier molecular flexibility index (Phi) is 8.52. The van der Waals surface area contributed by atoms with Crippen LogP contribution in [0.3, 0.4) is 0 Å². The highest BCUT2D eigenvalue weighted by atomic mass is 16.9. The van der Waals surface area contributed by atoms with E-state index in [0.29, 0.717) is 17.8 Å². The van der Waals surface area contributed by atoms with Crippen molar-refractivity contribution in [3.05, 3.63) is 81.4 Å². The number of benzene rings is 2. The molecule has 0 unspecified atom stereocenters. The van der Waals surface area contributed by atoms with Crippen molar-refractivity contribution < 1.29 is 29.7 Å². The lowest BCUT2D eigenvalue weighted by molar-refractivity contribution is -0.757. The number of carbonyl (C=O) groups is 2. The van der Waals surface area contributed by atoms with Crippen LogP contribution in [0.2, 0.25) is 0 Å². The average Bonchev–Trinajstić information content (AvgIpc) is 3.55. The van der Waals surface area contributed by atoms with Gasteiger partial charge in [0, 0.05) is 18.5 Å². The van der Waals surface area contributed by atoms with Gasteiger partial charge < -0.3 is 19.6 Å². The van der Waals surface area contributed by atoms with Gasteiger partial charge in [-0.05, 0) is 42.2 Å². The average molecular weight is 564 g/mol. The summed E-state index contributed by atoms with van der Waals surface area (Å²) in [5.41, 5.74) is 1.71. The summed E-state index contributed by atoms with van der Waals surface area (Å²) >= 11 is 0. The van der Waals surface area contributed by atoms with E-state index >= 15 is 0 Å². The number of tetrazole rings is 1. The van der Waals surface area contributed by atoms with Gasteiger partial charge in [-0.15, -0.1) is 20.3 Å². The first-order valence-electron chi connectivity index (χ1n) is 12.8. The van der Waals surface area contributed by atoms with E-state index in [1.54, 1.807) is 16.7 Å². The maximum atomic E-state index is 12.2. The summed E-state index contributed by atoms with van der Waals surface area (Å²) in [5.74, 6) is -0.985. The van der Waals surface area contributed by atoms with Crippen LogP contribution < -0.4 is 0 Å². The van der Waals surface area contributed by atoms with E-state index in [2.05, 4.69) is 25.2 Å². The van der Waals surface area contributed by atoms with E-state index in [1.807, 2.05) is 43.3 Å². The highest BCUT2D eigenvalue weighted by molar-refractivity contribution is 5.87. The molecule has 0 aliphatic rings. The van der Waals surface area contributed by atoms with Crippen LogP contribution in [-0.2, 0) is 23.4 Å². The van der Waals surface area contributed by atoms with Crippen molar-refractivity contribution >= 4 is 11.9 Å². The van der Waals surface area contributed by atoms with E-state index in [-0.39, 0.29) is 30.2 Å². The van der Waals surface area contributed by atoms with Gasteiger partial charge in [0.05, 0.1) is 6.42 Å². The van der Waals surface area contributed by atoms with Gasteiger partial charge in [-0.1, -0.05) is 60.3 Å². The van der Waals surface area contributed by atoms with Gasteiger partial charge in [0.1, 0.15) is 23.7 Å². The maximum Gasteiger partial charge on any atom is 0.354 e. The molecule has 0 radical (unpaired) electrons. The number of carbonyl (C=O) groups excluding carboxylic acids is 1. The van der Waals surface area contributed by atoms with Crippen molar-refractivity contribution in [1.29, 1.82) is 0 Å². The summed E-state index contributed by atoms with van der Waals surface area (Å²) in [6, 6.07) is 14.8. The third-order valence-corrected chi connectivity index (χ3v) is 6.23. The smallest absolute Gasteiger partial charge is 0.354 e. The Hall–Kier alpha value is -4.98. The summed E-state index contributed by atoms with van der Waals surface area (Å²) in [5, 5.41) is 41.7. The Labute approximate surface area is 234 Å². The molecular formula is C27H29N7O7. The summed E-state index contributed by atoms with van der Waals surface area (Å²) < 4.78 is 1.64. The fourth-order valence-electron chi connectivity index (χ4n) is 4.36. The van der Waals surface area contributed by atoms with Crippen molar-refractivity contribution in [1.82, 2.24) is 29.8 Å². The number of carboxylic acids is 1. The van der Waals surface area contributed by atoms with Crippen molar-refractivity contribution in [2.45, 2.75) is 52.2 Å². The van der Waals surface area contributed by atoms with E-state index in [0.717, 1.165) is 27.9 Å². The van der Waals surface area contributed by atoms with Crippen LogP contribution in [0.15, 0.2) is 48.5 Å². The van der Waals surface area contributed by atoms with Gasteiger partial charge in [0.25, 0.3) is 11.0 Å². The predicted octanol–water partition coefficient (Wildman–Crippen LogP) is 3.37. The van der Waals surface area contributed by atoms with Crippen molar-refractivity contribution in [2.24, 2.45) is 0 Å². The molecule has 2 N–H and O–H groups in total. The lowest BCUT2D eigenvalue weighted by Gasteiger charge is -2.16. The molecule has 4 aromatic rings. The number of carboxylic acid groups (broad SMARTS) is 1. The first-order chi connectivity index (χ1) is 19.5. The van der Waals surface area contributed by atoms with E-state index in [1.165, 1.54) is 13.8 Å². The summed E-state index contributed by atoms with van der Waals surface area (Å²) in [7, 11) is 0. The van der Waals surface area contributed by atoms with Crippen LogP contribution in [0.4, 0.5) is 0 Å². The molecule has 0 atom stereocenters. The van der Waals surface area contributed by atoms with Crippen LogP contribution in [-0.4, -0.2) is 63.5 Å². The SMILES string of the molecule is CCCc1nc(C(C)(C)O)c(C(=O)O)n1Cc1ccc(-c2ccccc2-c2nnn(C(=O)CCO[N+](=O)[O-])n2)cc1. The Morgan fingerprint density at radius 3 is 2.39 bits per heavy atom. The van der Waals surface area contributed by atoms with Gasteiger partial charge in [-0.2, -0.15) is 0 Å². The number of aliphatic hydroxyl groups is 1. The number of hydrogen-bond donors (Lipinski definition) is 2. The molecule has 14 nitrogen and oxygen atoms in total. The standard InChI is InChI=1S/C27H29N7O7/c1-4-7-21-28-24(27(2,3)38)23(26(36)37)32(21)16-17-10-12-18(13-11-17)19-8-5-6-9-20(19)25-29-31-33(30-25)22(35)14-15-41-34(39)40/h5-6,8-13,38H,4,7,14-16H2,1-3H3,(H,36,37). The first-order valence-corrected chi connectivity index (χ1v) is 12.8. The largest absolute Gasteiger partial charge is 0.477 e. The zero-order valence-electron chi connectivity index (χ0n) is 22.7. The molecule has 0 saturated carbocycles. The monoisotopic (exact) mass is 563 g/mol. The molecule has 0 fully saturated rings. The molecule has 0 bridgehead atoms. The van der Waals surface area contributed by atoms with Crippen LogP contribution >= 0.6 is 0 Å². The number of nitrogens with zero attached hydrogens (tertiary/aromatic N) is 7. The minimum Gasteiger partial charge on any atom is -0.477 e. The van der Waals surface area contributed by atoms with Gasteiger partial charge in [-0.3, -0.25) is 4.79 Å². The minimum atomic E-state index is -1.42. The molecule has 214 valence electrons. The number of aromatic carboxylic acids is 1. The third-order valence-electron chi connectivity index (χ3n) is 6.23. The van der Waals surface area contributed by atoms with Crippen molar-refractivity contribution in [3.63, 3.8) is 0 Å². The normalized spacial score (nSPS) is 11.4. The summed E-state index contributed by atoms with van der Waals surface area (Å²) in [6.07, 6.45) is 1.02. The fraction of sp³-hybridized carbons (Fsp3) is 0.333. The van der Waals surface area contributed by atoms with E-state index in [9.17, 15) is 29.9 Å². The lowest BCUT2D eigenvalue weighted by Crippen LogP contribution is -2.22. The number of aromatic nitrogens is 6. The Morgan fingerprint density at radius 2 is 1.78 bits per heavy atom. The van der Waals surface area contributed by atoms with Gasteiger partial charge >= 0.3 is 5.97 Å². The lowest BCUT2D eigenvalue weighted by atomic mass is 9.98. The second kappa shape index (κ2) is 12.0. The zero-order chi connectivity index (χ0) is 29.7. The second-order valence-corrected chi connectivity index (χ2v) is 9.77. The van der Waals surface area contributed by atoms with Crippen molar-refractivity contribution in [2.75, 3.05) is 6.61 Å². The fourth-order valence-corrected chi connectivity index (χ4v) is 4.36. The molecule has 2 aromatic heterocycles. The molecular weight excluding hydrogens is 534 g/mol. The third kappa shape index (κ3) is 6.61. The predicted molar refractivity (Wildman–Crippen MR) is 144 cm³/mol. The van der Waals surface area contributed by atoms with E-state index in [4.69, 9.17) is 0 Å². The van der Waals surface area contributed by atoms with Crippen LogP contribution in [0, 0.1) is 10.1 Å². The number of hydrogen-bond acceptors (Lipinski definition) is 10. The first kappa shape index (κ1) is 29.0. The van der Waals surface area contributed by atoms with E-state index < -0.39 is 29.2 Å². The highest BCUT2D eigenvalue weighted by Gasteiger charge is 2.31. The molecule has 0 spiro atoms. The summed E-state index contributed by atoms with van der Waals surface area (Å²) in [6.45, 7) is 4.84. The molecule has 2 heterocycles. The maximum absolute atomic E-state index is 12.2. The molecule has 41 heavy (non-hydrogen) atoms. The van der Waals surface area contributed by atoms with Gasteiger partial charge in [-0.25, -0.2) is 9.78 Å². The molecule has 0 saturated heterocycles. The molecule has 2 aromatic carbocycles. The Balaban J connectivity index is 1.61. The number of imidazole rings is 1. The molecule has 0 amide bonds. The molecule has 0 aliphatic heterocycles. The minimum absolute atomic E-state index is 0.0379.